The summed E-state index contributed by atoms with van der Waals surface area (Å²) in [4.78, 5) is 29.0. The van der Waals surface area contributed by atoms with Gasteiger partial charge < -0.3 is 31.9 Å². The molecule has 1 aliphatic heterocycles. The number of fused-ring (bicyclic) bond motifs is 1. The van der Waals surface area contributed by atoms with Crippen molar-refractivity contribution in [1.29, 1.82) is 0 Å². The molecule has 10 heteroatoms. The van der Waals surface area contributed by atoms with Gasteiger partial charge in [-0.3, -0.25) is 4.79 Å². The molecule has 2 unspecified atom stereocenters. The van der Waals surface area contributed by atoms with Gasteiger partial charge in [0, 0.05) is 25.3 Å². The number of carboxylic acids is 1. The van der Waals surface area contributed by atoms with E-state index >= 15 is 0 Å². The molecule has 4 rings (SSSR count). The van der Waals surface area contributed by atoms with E-state index < -0.39 is 29.3 Å². The van der Waals surface area contributed by atoms with E-state index in [1.807, 2.05) is 0 Å². The molecule has 0 aromatic carbocycles. The Bertz CT molecular complexity index is 924. The molecule has 37 heavy (non-hydrogen) atoms. The Balaban J connectivity index is 1.12. The Hall–Kier alpha value is -1.94. The topological polar surface area (TPSA) is 153 Å². The van der Waals surface area contributed by atoms with Crippen LogP contribution < -0.4 is 22.1 Å². The van der Waals surface area contributed by atoms with Crippen LogP contribution in [-0.4, -0.2) is 65.2 Å². The van der Waals surface area contributed by atoms with E-state index in [0.29, 0.717) is 24.8 Å². The number of anilines is 1. The summed E-state index contributed by atoms with van der Waals surface area (Å²) in [5.74, 6) is 0.800. The highest BCUT2D eigenvalue weighted by molar-refractivity contribution is 6.22. The fourth-order valence-corrected chi connectivity index (χ4v) is 5.78. The summed E-state index contributed by atoms with van der Waals surface area (Å²) in [7, 11) is 0. The first-order valence-electron chi connectivity index (χ1n) is 13.8. The van der Waals surface area contributed by atoms with Gasteiger partial charge in [-0.05, 0) is 93.7 Å². The highest BCUT2D eigenvalue weighted by Gasteiger charge is 2.35. The fraction of sp³-hybridized carbons (Fsp3) is 0.741. The smallest absolute Gasteiger partial charge is 0.326 e. The van der Waals surface area contributed by atoms with Gasteiger partial charge >= 0.3 is 5.97 Å². The summed E-state index contributed by atoms with van der Waals surface area (Å²) in [5, 5.41) is 14.9. The highest BCUT2D eigenvalue weighted by atomic mass is 35.5. The minimum Gasteiger partial charge on any atom is -0.480 e. The Labute approximate surface area is 224 Å². The average Bonchev–Trinajstić information content (AvgIpc) is 3.71. The van der Waals surface area contributed by atoms with Crippen LogP contribution >= 0.6 is 11.6 Å². The lowest BCUT2D eigenvalue weighted by molar-refractivity contribution is -0.143. The number of carbonyl (C=O) groups excluding carboxylic acids is 1. The van der Waals surface area contributed by atoms with Gasteiger partial charge in [-0.15, -0.1) is 11.6 Å². The SMILES string of the molecule is NCC(CC(Cl)[C@H](N)C(=O)N[C@@H](CCOC1CC(CCc2ccc3c(n2)NCCC3)C1)C(=O)O)C1CC1. The number of alkyl halides is 1. The number of amides is 1. The number of aryl methyl sites for hydroxylation is 2. The van der Waals surface area contributed by atoms with Crippen LogP contribution in [0.3, 0.4) is 0 Å². The highest BCUT2D eigenvalue weighted by Crippen LogP contribution is 2.39. The number of aromatic nitrogens is 1. The maximum Gasteiger partial charge on any atom is 0.326 e. The van der Waals surface area contributed by atoms with Crippen molar-refractivity contribution in [3.8, 4) is 0 Å². The molecule has 3 aliphatic rings. The average molecular weight is 536 g/mol. The van der Waals surface area contributed by atoms with Crippen molar-refractivity contribution in [3.63, 3.8) is 0 Å². The van der Waals surface area contributed by atoms with Gasteiger partial charge in [-0.1, -0.05) is 6.07 Å². The molecule has 0 saturated heterocycles. The second-order valence-corrected chi connectivity index (χ2v) is 11.6. The summed E-state index contributed by atoms with van der Waals surface area (Å²) >= 11 is 6.40. The molecule has 1 aromatic heterocycles. The summed E-state index contributed by atoms with van der Waals surface area (Å²) in [5.41, 5.74) is 14.3. The first kappa shape index (κ1) is 28.1. The number of carboxylic acid groups (broad SMARTS) is 1. The number of aliphatic carboxylic acids is 1. The number of nitrogens with two attached hydrogens (primary N) is 2. The predicted octanol–water partition coefficient (Wildman–Crippen LogP) is 2.44. The minimum atomic E-state index is -1.10. The lowest BCUT2D eigenvalue weighted by atomic mass is 9.79. The van der Waals surface area contributed by atoms with E-state index in [0.717, 1.165) is 69.4 Å². The van der Waals surface area contributed by atoms with Crippen LogP contribution in [0.4, 0.5) is 5.82 Å². The van der Waals surface area contributed by atoms with Gasteiger partial charge in [0.05, 0.1) is 11.5 Å². The lowest BCUT2D eigenvalue weighted by Crippen LogP contribution is -2.52. The van der Waals surface area contributed by atoms with Crippen molar-refractivity contribution in [1.82, 2.24) is 10.3 Å². The lowest BCUT2D eigenvalue weighted by Gasteiger charge is -2.35. The van der Waals surface area contributed by atoms with E-state index in [9.17, 15) is 14.7 Å². The third-order valence-electron chi connectivity index (χ3n) is 8.14. The molecule has 2 fully saturated rings. The summed E-state index contributed by atoms with van der Waals surface area (Å²) in [6.45, 7) is 1.78. The molecule has 0 bridgehead atoms. The number of nitrogens with zero attached hydrogens (tertiary/aromatic N) is 1. The Kier molecular flexibility index (Phi) is 10.0. The molecule has 206 valence electrons. The molecule has 0 radical (unpaired) electrons. The molecule has 0 spiro atoms. The summed E-state index contributed by atoms with van der Waals surface area (Å²) in [6.07, 6.45) is 9.37. The number of ether oxygens (including phenoxy) is 1. The van der Waals surface area contributed by atoms with Crippen LogP contribution in [0.5, 0.6) is 0 Å². The number of hydrogen-bond acceptors (Lipinski definition) is 7. The van der Waals surface area contributed by atoms with E-state index in [4.69, 9.17) is 32.8 Å². The zero-order valence-electron chi connectivity index (χ0n) is 21.5. The van der Waals surface area contributed by atoms with Gasteiger partial charge in [-0.2, -0.15) is 0 Å². The third kappa shape index (κ3) is 8.02. The molecule has 1 aromatic rings. The second kappa shape index (κ2) is 13.2. The van der Waals surface area contributed by atoms with Crippen LogP contribution in [0.2, 0.25) is 0 Å². The van der Waals surface area contributed by atoms with Gasteiger partial charge in [0.1, 0.15) is 17.9 Å². The molecule has 2 saturated carbocycles. The van der Waals surface area contributed by atoms with Crippen molar-refractivity contribution in [2.24, 2.45) is 29.2 Å². The molecule has 2 heterocycles. The second-order valence-electron chi connectivity index (χ2n) is 11.0. The molecular weight excluding hydrogens is 494 g/mol. The maximum absolute atomic E-state index is 12.6. The van der Waals surface area contributed by atoms with Crippen LogP contribution in [-0.2, 0) is 27.2 Å². The van der Waals surface area contributed by atoms with E-state index in [-0.39, 0.29) is 25.0 Å². The number of halogens is 1. The number of pyridine rings is 1. The van der Waals surface area contributed by atoms with E-state index in [2.05, 4.69) is 22.8 Å². The standard InChI is InChI=1S/C27H42ClN5O4/c28-22(14-19(15-29)17-4-5-17)24(30)26(34)33-23(27(35)36)9-11-37-21-12-16(13-21)3-7-20-8-6-18-2-1-10-31-25(18)32-20/h6,8,16-17,19,21-24H,1-5,7,9-15,29-30H2,(H,31,32)(H,33,34)(H,35,36)/t16?,19?,21?,22?,23-,24-/m0/s1. The van der Waals surface area contributed by atoms with Crippen LogP contribution in [0, 0.1) is 17.8 Å². The molecular formula is C27H42ClN5O4. The van der Waals surface area contributed by atoms with Gasteiger partial charge in [0.15, 0.2) is 0 Å². The van der Waals surface area contributed by atoms with Gasteiger partial charge in [0.25, 0.3) is 0 Å². The number of carbonyl (C=O) groups is 2. The number of nitrogens with one attached hydrogen (secondary N) is 2. The molecule has 2 aliphatic carbocycles. The molecule has 9 nitrogen and oxygen atoms in total. The monoisotopic (exact) mass is 535 g/mol. The van der Waals surface area contributed by atoms with Gasteiger partial charge in [-0.25, -0.2) is 9.78 Å². The van der Waals surface area contributed by atoms with Crippen molar-refractivity contribution in [2.45, 2.75) is 87.8 Å². The first-order chi connectivity index (χ1) is 17.8. The van der Waals surface area contributed by atoms with Crippen LogP contribution in [0.25, 0.3) is 0 Å². The Morgan fingerprint density at radius 2 is 2.08 bits per heavy atom. The van der Waals surface area contributed by atoms with Crippen molar-refractivity contribution in [2.75, 3.05) is 25.0 Å². The normalized spacial score (nSPS) is 24.1. The fourth-order valence-electron chi connectivity index (χ4n) is 5.43. The van der Waals surface area contributed by atoms with Crippen LogP contribution in [0.1, 0.15) is 62.6 Å². The van der Waals surface area contributed by atoms with Gasteiger partial charge in [0.2, 0.25) is 5.91 Å². The van der Waals surface area contributed by atoms with E-state index in [1.165, 1.54) is 5.56 Å². The molecule has 7 N–H and O–H groups in total. The molecule has 4 atom stereocenters. The van der Waals surface area contributed by atoms with Crippen molar-refractivity contribution >= 4 is 29.3 Å². The Morgan fingerprint density at radius 3 is 2.78 bits per heavy atom. The largest absolute Gasteiger partial charge is 0.480 e. The van der Waals surface area contributed by atoms with E-state index in [1.54, 1.807) is 0 Å². The summed E-state index contributed by atoms with van der Waals surface area (Å²) < 4.78 is 5.89. The molecule has 1 amide bonds. The maximum atomic E-state index is 12.6. The first-order valence-corrected chi connectivity index (χ1v) is 14.2. The third-order valence-corrected chi connectivity index (χ3v) is 8.59. The van der Waals surface area contributed by atoms with Crippen molar-refractivity contribution in [3.05, 3.63) is 23.4 Å². The number of hydrogen-bond donors (Lipinski definition) is 5. The quantitative estimate of drug-likeness (QED) is 0.215. The predicted molar refractivity (Wildman–Crippen MR) is 144 cm³/mol. The summed E-state index contributed by atoms with van der Waals surface area (Å²) in [6, 6.07) is 2.29. The van der Waals surface area contributed by atoms with Crippen molar-refractivity contribution < 1.29 is 19.4 Å². The zero-order valence-corrected chi connectivity index (χ0v) is 22.3. The Morgan fingerprint density at radius 1 is 1.30 bits per heavy atom. The minimum absolute atomic E-state index is 0.137. The number of rotatable bonds is 15. The van der Waals surface area contributed by atoms with Crippen LogP contribution in [0.15, 0.2) is 12.1 Å². The zero-order chi connectivity index (χ0) is 26.4.